The summed E-state index contributed by atoms with van der Waals surface area (Å²) in [5, 5.41) is 2.96. The molecule has 0 aliphatic carbocycles. The average molecular weight is 345 g/mol. The van der Waals surface area contributed by atoms with Crippen LogP contribution >= 0.6 is 24.0 Å². The second-order valence-corrected chi connectivity index (χ2v) is 3.62. The lowest BCUT2D eigenvalue weighted by Gasteiger charge is -2.00. The molecule has 0 radical (unpaired) electrons. The van der Waals surface area contributed by atoms with Gasteiger partial charge in [-0.05, 0) is 18.6 Å². The van der Waals surface area contributed by atoms with Gasteiger partial charge in [-0.15, -0.1) is 24.0 Å². The topological polar surface area (TPSA) is 79.1 Å². The molecule has 92 valence electrons. The average Bonchev–Trinajstić information content (AvgIpc) is 2.70. The largest absolute Gasteiger partial charge is 0.370 e. The van der Waals surface area contributed by atoms with Gasteiger partial charge in [-0.3, -0.25) is 4.99 Å². The molecule has 0 saturated carbocycles. The normalized spacial score (nSPS) is 11.3. The monoisotopic (exact) mass is 345 g/mol. The number of benzene rings is 1. The van der Waals surface area contributed by atoms with E-state index in [1.807, 2.05) is 25.1 Å². The molecule has 0 saturated heterocycles. The SMILES string of the molecule is CN=C(N)NCc1nc2c(C)cccc2[nH]1.I. The molecule has 0 aliphatic heterocycles. The van der Waals surface area contributed by atoms with E-state index in [1.54, 1.807) is 7.05 Å². The number of nitrogens with zero attached hydrogens (tertiary/aromatic N) is 2. The zero-order valence-corrected chi connectivity index (χ0v) is 12.1. The van der Waals surface area contributed by atoms with Crippen LogP contribution in [-0.2, 0) is 6.54 Å². The van der Waals surface area contributed by atoms with E-state index in [0.29, 0.717) is 12.5 Å². The van der Waals surface area contributed by atoms with Crippen molar-refractivity contribution in [3.63, 3.8) is 0 Å². The summed E-state index contributed by atoms with van der Waals surface area (Å²) in [4.78, 5) is 11.5. The number of imidazole rings is 1. The quantitative estimate of drug-likeness (QED) is 0.439. The Morgan fingerprint density at radius 2 is 2.29 bits per heavy atom. The Morgan fingerprint density at radius 3 is 2.94 bits per heavy atom. The number of aromatic nitrogens is 2. The van der Waals surface area contributed by atoms with Crippen LogP contribution in [-0.4, -0.2) is 23.0 Å². The molecule has 6 heteroatoms. The number of halogens is 1. The highest BCUT2D eigenvalue weighted by atomic mass is 127. The molecule has 2 aromatic rings. The number of nitrogens with one attached hydrogen (secondary N) is 2. The van der Waals surface area contributed by atoms with E-state index in [2.05, 4.69) is 20.3 Å². The van der Waals surface area contributed by atoms with Crippen molar-refractivity contribution in [2.75, 3.05) is 7.05 Å². The molecule has 1 heterocycles. The number of guanidine groups is 1. The highest BCUT2D eigenvalue weighted by Crippen LogP contribution is 2.15. The molecular weight excluding hydrogens is 329 g/mol. The zero-order chi connectivity index (χ0) is 11.5. The van der Waals surface area contributed by atoms with Crippen LogP contribution < -0.4 is 11.1 Å². The number of aryl methyl sites for hydroxylation is 1. The van der Waals surface area contributed by atoms with E-state index >= 15 is 0 Å². The summed E-state index contributed by atoms with van der Waals surface area (Å²) >= 11 is 0. The van der Waals surface area contributed by atoms with Gasteiger partial charge in [0.2, 0.25) is 0 Å². The van der Waals surface area contributed by atoms with Gasteiger partial charge in [0.1, 0.15) is 5.82 Å². The van der Waals surface area contributed by atoms with Gasteiger partial charge in [-0.2, -0.15) is 0 Å². The number of aromatic amines is 1. The summed E-state index contributed by atoms with van der Waals surface area (Å²) in [7, 11) is 1.64. The van der Waals surface area contributed by atoms with Crippen LogP contribution in [0.2, 0.25) is 0 Å². The zero-order valence-electron chi connectivity index (χ0n) is 9.82. The van der Waals surface area contributed by atoms with E-state index in [0.717, 1.165) is 22.4 Å². The molecule has 4 N–H and O–H groups in total. The summed E-state index contributed by atoms with van der Waals surface area (Å²) in [5.74, 6) is 1.27. The molecule has 0 bridgehead atoms. The molecule has 0 atom stereocenters. The van der Waals surface area contributed by atoms with Crippen molar-refractivity contribution in [2.24, 2.45) is 10.7 Å². The number of aliphatic imine (C=N–C) groups is 1. The number of rotatable bonds is 2. The second-order valence-electron chi connectivity index (χ2n) is 3.62. The van der Waals surface area contributed by atoms with Gasteiger partial charge in [-0.1, -0.05) is 12.1 Å². The van der Waals surface area contributed by atoms with Crippen molar-refractivity contribution in [1.82, 2.24) is 15.3 Å². The van der Waals surface area contributed by atoms with Gasteiger partial charge in [-0.25, -0.2) is 4.98 Å². The standard InChI is InChI=1S/C11H15N5.HI/c1-7-4-3-5-8-10(7)16-9(15-8)6-14-11(12)13-2;/h3-5H,6H2,1-2H3,(H,15,16)(H3,12,13,14);1H. The fraction of sp³-hybridized carbons (Fsp3) is 0.273. The van der Waals surface area contributed by atoms with Gasteiger partial charge in [0.05, 0.1) is 17.6 Å². The molecule has 0 amide bonds. The van der Waals surface area contributed by atoms with Crippen molar-refractivity contribution in [3.05, 3.63) is 29.6 Å². The van der Waals surface area contributed by atoms with Crippen molar-refractivity contribution >= 4 is 41.0 Å². The number of para-hydroxylation sites is 1. The molecule has 0 unspecified atom stereocenters. The molecule has 17 heavy (non-hydrogen) atoms. The van der Waals surface area contributed by atoms with E-state index in [4.69, 9.17) is 5.73 Å². The highest BCUT2D eigenvalue weighted by molar-refractivity contribution is 14.0. The van der Waals surface area contributed by atoms with Crippen molar-refractivity contribution < 1.29 is 0 Å². The Bertz CT molecular complexity index is 532. The number of H-pyrrole nitrogens is 1. The number of hydrogen-bond donors (Lipinski definition) is 3. The van der Waals surface area contributed by atoms with Gasteiger partial charge >= 0.3 is 0 Å². The lowest BCUT2D eigenvalue weighted by atomic mass is 10.2. The third-order valence-electron chi connectivity index (χ3n) is 2.44. The molecule has 0 fully saturated rings. The Labute approximate surface area is 117 Å². The minimum atomic E-state index is 0. The van der Waals surface area contributed by atoms with Crippen LogP contribution in [0.4, 0.5) is 0 Å². The summed E-state index contributed by atoms with van der Waals surface area (Å²) in [6, 6.07) is 6.06. The van der Waals surface area contributed by atoms with E-state index in [1.165, 1.54) is 0 Å². The number of hydrogen-bond acceptors (Lipinski definition) is 2. The third-order valence-corrected chi connectivity index (χ3v) is 2.44. The van der Waals surface area contributed by atoms with Gasteiger partial charge < -0.3 is 16.0 Å². The van der Waals surface area contributed by atoms with Crippen LogP contribution in [0.3, 0.4) is 0 Å². The molecule has 0 aliphatic rings. The first-order valence-electron chi connectivity index (χ1n) is 5.11. The molecular formula is C11H16IN5. The summed E-state index contributed by atoms with van der Waals surface area (Å²) in [6.45, 7) is 2.60. The molecule has 1 aromatic carbocycles. The van der Waals surface area contributed by atoms with E-state index in [-0.39, 0.29) is 24.0 Å². The minimum Gasteiger partial charge on any atom is -0.370 e. The number of fused-ring (bicyclic) bond motifs is 1. The summed E-state index contributed by atoms with van der Waals surface area (Å²) in [5.41, 5.74) is 8.76. The first-order valence-corrected chi connectivity index (χ1v) is 5.11. The maximum atomic E-state index is 5.54. The predicted molar refractivity (Wildman–Crippen MR) is 80.6 cm³/mol. The molecule has 1 aromatic heterocycles. The van der Waals surface area contributed by atoms with Crippen LogP contribution in [0.25, 0.3) is 11.0 Å². The molecule has 5 nitrogen and oxygen atoms in total. The minimum absolute atomic E-state index is 0. The second kappa shape index (κ2) is 5.85. The molecule has 0 spiro atoms. The van der Waals surface area contributed by atoms with Crippen LogP contribution in [0.5, 0.6) is 0 Å². The van der Waals surface area contributed by atoms with Crippen molar-refractivity contribution in [3.8, 4) is 0 Å². The van der Waals surface area contributed by atoms with Crippen molar-refractivity contribution in [2.45, 2.75) is 13.5 Å². The van der Waals surface area contributed by atoms with Crippen LogP contribution in [0, 0.1) is 6.92 Å². The number of nitrogens with two attached hydrogens (primary N) is 1. The van der Waals surface area contributed by atoms with Crippen molar-refractivity contribution in [1.29, 1.82) is 0 Å². The van der Waals surface area contributed by atoms with Crippen LogP contribution in [0.1, 0.15) is 11.4 Å². The maximum Gasteiger partial charge on any atom is 0.188 e. The first-order chi connectivity index (χ1) is 7.70. The highest BCUT2D eigenvalue weighted by Gasteiger charge is 2.04. The summed E-state index contributed by atoms with van der Waals surface area (Å²) < 4.78 is 0. The fourth-order valence-corrected chi connectivity index (χ4v) is 1.56. The van der Waals surface area contributed by atoms with Gasteiger partial charge in [0.15, 0.2) is 5.96 Å². The van der Waals surface area contributed by atoms with Gasteiger partial charge in [0, 0.05) is 7.05 Å². The van der Waals surface area contributed by atoms with E-state index in [9.17, 15) is 0 Å². The van der Waals surface area contributed by atoms with Gasteiger partial charge in [0.25, 0.3) is 0 Å². The fourth-order valence-electron chi connectivity index (χ4n) is 1.56. The van der Waals surface area contributed by atoms with E-state index < -0.39 is 0 Å². The maximum absolute atomic E-state index is 5.54. The predicted octanol–water partition coefficient (Wildman–Crippen LogP) is 1.52. The smallest absolute Gasteiger partial charge is 0.188 e. The van der Waals surface area contributed by atoms with Crippen LogP contribution in [0.15, 0.2) is 23.2 Å². The lowest BCUT2D eigenvalue weighted by molar-refractivity contribution is 0.842. The summed E-state index contributed by atoms with van der Waals surface area (Å²) in [6.07, 6.45) is 0. The lowest BCUT2D eigenvalue weighted by Crippen LogP contribution is -2.31. The first kappa shape index (κ1) is 13.8. The Balaban J connectivity index is 0.00000144. The Hall–Kier alpha value is -1.31. The molecule has 2 rings (SSSR count). The third kappa shape index (κ3) is 3.09. The Morgan fingerprint density at radius 1 is 1.53 bits per heavy atom. The Kier molecular flexibility index (Phi) is 4.73.